The van der Waals surface area contributed by atoms with Gasteiger partial charge < -0.3 is 10.1 Å². The second-order valence-corrected chi connectivity index (χ2v) is 3.83. The lowest BCUT2D eigenvalue weighted by Gasteiger charge is -2.11. The van der Waals surface area contributed by atoms with Crippen LogP contribution in [0.4, 0.5) is 5.69 Å². The number of fused-ring (bicyclic) bond motifs is 1. The fourth-order valence-electron chi connectivity index (χ4n) is 1.95. The summed E-state index contributed by atoms with van der Waals surface area (Å²) in [5, 5.41) is 12.8. The molecule has 0 atom stereocenters. The van der Waals surface area contributed by atoms with Gasteiger partial charge >= 0.3 is 5.97 Å². The molecule has 1 N–H and O–H groups in total. The second-order valence-electron chi connectivity index (χ2n) is 3.83. The van der Waals surface area contributed by atoms with Crippen LogP contribution in [-0.2, 0) is 4.74 Å². The topological polar surface area (TPSA) is 75.0 Å². The summed E-state index contributed by atoms with van der Waals surface area (Å²) in [6.45, 7) is 2.05. The summed E-state index contributed by atoms with van der Waals surface area (Å²) in [5.41, 5.74) is 2.04. The molecule has 2 aromatic rings. The first-order chi connectivity index (χ1) is 9.22. The third-order valence-electron chi connectivity index (χ3n) is 2.76. The average molecular weight is 255 g/mol. The van der Waals surface area contributed by atoms with Crippen molar-refractivity contribution in [1.29, 1.82) is 5.26 Å². The van der Waals surface area contributed by atoms with Gasteiger partial charge in [0.05, 0.1) is 23.4 Å². The SMILES string of the molecule is CCOC(=O)c1cnc2c(C#N)cccc2c1NC. The Morgan fingerprint density at radius 3 is 2.95 bits per heavy atom. The highest BCUT2D eigenvalue weighted by molar-refractivity contribution is 6.05. The van der Waals surface area contributed by atoms with E-state index in [-0.39, 0.29) is 0 Å². The van der Waals surface area contributed by atoms with Crippen molar-refractivity contribution in [2.75, 3.05) is 19.0 Å². The molecule has 2 rings (SSSR count). The summed E-state index contributed by atoms with van der Waals surface area (Å²) >= 11 is 0. The number of carbonyl (C=O) groups is 1. The summed E-state index contributed by atoms with van der Waals surface area (Å²) in [4.78, 5) is 16.1. The summed E-state index contributed by atoms with van der Waals surface area (Å²) in [6, 6.07) is 7.36. The highest BCUT2D eigenvalue weighted by Crippen LogP contribution is 2.27. The van der Waals surface area contributed by atoms with Crippen LogP contribution in [0.15, 0.2) is 24.4 Å². The molecule has 0 bridgehead atoms. The number of benzene rings is 1. The monoisotopic (exact) mass is 255 g/mol. The maximum atomic E-state index is 11.9. The fraction of sp³-hybridized carbons (Fsp3) is 0.214. The Hall–Kier alpha value is -2.61. The number of nitrogens with one attached hydrogen (secondary N) is 1. The number of hydrogen-bond donors (Lipinski definition) is 1. The molecular formula is C14H13N3O2. The molecule has 96 valence electrons. The molecule has 0 saturated carbocycles. The lowest BCUT2D eigenvalue weighted by Crippen LogP contribution is -2.09. The first kappa shape index (κ1) is 12.8. The van der Waals surface area contributed by atoms with E-state index in [2.05, 4.69) is 16.4 Å². The second kappa shape index (κ2) is 5.36. The predicted octanol–water partition coefficient (Wildman–Crippen LogP) is 2.32. The Morgan fingerprint density at radius 1 is 1.53 bits per heavy atom. The summed E-state index contributed by atoms with van der Waals surface area (Å²) in [7, 11) is 1.72. The molecule has 0 aliphatic rings. The van der Waals surface area contributed by atoms with E-state index in [1.54, 1.807) is 26.1 Å². The molecular weight excluding hydrogens is 242 g/mol. The van der Waals surface area contributed by atoms with Crippen LogP contribution in [0.25, 0.3) is 10.9 Å². The smallest absolute Gasteiger partial charge is 0.341 e. The summed E-state index contributed by atoms with van der Waals surface area (Å²) in [5.74, 6) is -0.427. The lowest BCUT2D eigenvalue weighted by molar-refractivity contribution is 0.0527. The summed E-state index contributed by atoms with van der Waals surface area (Å²) in [6.07, 6.45) is 1.44. The van der Waals surface area contributed by atoms with Crippen LogP contribution in [-0.4, -0.2) is 24.6 Å². The number of nitrogens with zero attached hydrogens (tertiary/aromatic N) is 2. The van der Waals surface area contributed by atoms with Gasteiger partial charge in [0, 0.05) is 18.6 Å². The lowest BCUT2D eigenvalue weighted by atomic mass is 10.1. The molecule has 1 aromatic heterocycles. The number of carbonyl (C=O) groups excluding carboxylic acids is 1. The number of anilines is 1. The Balaban J connectivity index is 2.71. The molecule has 0 spiro atoms. The normalized spacial score (nSPS) is 9.95. The van der Waals surface area contributed by atoms with E-state index in [9.17, 15) is 4.79 Å². The van der Waals surface area contributed by atoms with Crippen molar-refractivity contribution in [2.45, 2.75) is 6.92 Å². The molecule has 0 fully saturated rings. The van der Waals surface area contributed by atoms with Crippen LogP contribution < -0.4 is 5.32 Å². The van der Waals surface area contributed by atoms with Crippen LogP contribution in [0.3, 0.4) is 0 Å². The minimum Gasteiger partial charge on any atom is -0.462 e. The van der Waals surface area contributed by atoms with Crippen molar-refractivity contribution in [1.82, 2.24) is 4.98 Å². The van der Waals surface area contributed by atoms with E-state index in [0.717, 1.165) is 5.39 Å². The molecule has 5 heteroatoms. The maximum Gasteiger partial charge on any atom is 0.341 e. The molecule has 0 saturated heterocycles. The number of rotatable bonds is 3. The highest BCUT2D eigenvalue weighted by atomic mass is 16.5. The van der Waals surface area contributed by atoms with Crippen LogP contribution in [0.5, 0.6) is 0 Å². The van der Waals surface area contributed by atoms with Gasteiger partial charge in [-0.1, -0.05) is 12.1 Å². The molecule has 1 heterocycles. The Labute approximate surface area is 110 Å². The number of hydrogen-bond acceptors (Lipinski definition) is 5. The predicted molar refractivity (Wildman–Crippen MR) is 72.0 cm³/mol. The number of ether oxygens (including phenoxy) is 1. The zero-order chi connectivity index (χ0) is 13.8. The van der Waals surface area contributed by atoms with Crippen LogP contribution in [0.2, 0.25) is 0 Å². The quantitative estimate of drug-likeness (QED) is 0.852. The summed E-state index contributed by atoms with van der Waals surface area (Å²) < 4.78 is 4.99. The number of para-hydroxylation sites is 1. The van der Waals surface area contributed by atoms with Crippen LogP contribution in [0, 0.1) is 11.3 Å². The van der Waals surface area contributed by atoms with Gasteiger partial charge in [-0.3, -0.25) is 4.98 Å². The van der Waals surface area contributed by atoms with Gasteiger partial charge in [-0.05, 0) is 13.0 Å². The molecule has 0 radical (unpaired) electrons. The molecule has 0 aliphatic heterocycles. The zero-order valence-electron chi connectivity index (χ0n) is 10.7. The van der Waals surface area contributed by atoms with Gasteiger partial charge in [-0.25, -0.2) is 4.79 Å². The van der Waals surface area contributed by atoms with Gasteiger partial charge in [-0.15, -0.1) is 0 Å². The molecule has 5 nitrogen and oxygen atoms in total. The van der Waals surface area contributed by atoms with E-state index in [0.29, 0.717) is 28.9 Å². The molecule has 0 unspecified atom stereocenters. The minimum atomic E-state index is -0.427. The number of aromatic nitrogens is 1. The Morgan fingerprint density at radius 2 is 2.32 bits per heavy atom. The third kappa shape index (κ3) is 2.20. The van der Waals surface area contributed by atoms with E-state index in [1.165, 1.54) is 6.20 Å². The van der Waals surface area contributed by atoms with Gasteiger partial charge in [0.2, 0.25) is 0 Å². The van der Waals surface area contributed by atoms with Gasteiger partial charge in [0.15, 0.2) is 0 Å². The minimum absolute atomic E-state index is 0.304. The average Bonchev–Trinajstić information content (AvgIpc) is 2.45. The largest absolute Gasteiger partial charge is 0.462 e. The van der Waals surface area contributed by atoms with Crippen molar-refractivity contribution in [3.05, 3.63) is 35.5 Å². The van der Waals surface area contributed by atoms with Gasteiger partial charge in [0.1, 0.15) is 11.6 Å². The number of nitriles is 1. The van der Waals surface area contributed by atoms with Crippen molar-refractivity contribution < 1.29 is 9.53 Å². The van der Waals surface area contributed by atoms with E-state index >= 15 is 0 Å². The molecule has 1 aromatic carbocycles. The van der Waals surface area contributed by atoms with Crippen molar-refractivity contribution in [2.24, 2.45) is 0 Å². The van der Waals surface area contributed by atoms with Gasteiger partial charge in [-0.2, -0.15) is 5.26 Å². The third-order valence-corrected chi connectivity index (χ3v) is 2.76. The number of pyridine rings is 1. The van der Waals surface area contributed by atoms with Crippen LogP contribution >= 0.6 is 0 Å². The highest BCUT2D eigenvalue weighted by Gasteiger charge is 2.16. The zero-order valence-corrected chi connectivity index (χ0v) is 10.7. The molecule has 0 aliphatic carbocycles. The van der Waals surface area contributed by atoms with E-state index < -0.39 is 5.97 Å². The van der Waals surface area contributed by atoms with Crippen molar-refractivity contribution in [3.63, 3.8) is 0 Å². The van der Waals surface area contributed by atoms with Gasteiger partial charge in [0.25, 0.3) is 0 Å². The Bertz CT molecular complexity index is 674. The maximum absolute atomic E-state index is 11.9. The van der Waals surface area contributed by atoms with E-state index in [1.807, 2.05) is 6.07 Å². The van der Waals surface area contributed by atoms with E-state index in [4.69, 9.17) is 10.00 Å². The first-order valence-corrected chi connectivity index (χ1v) is 5.89. The molecule has 0 amide bonds. The number of esters is 1. The fourth-order valence-corrected chi connectivity index (χ4v) is 1.95. The standard InChI is InChI=1S/C14H13N3O2/c1-3-19-14(18)11-8-17-12-9(7-15)5-4-6-10(12)13(11)16-2/h4-6,8H,3H2,1-2H3,(H,16,17). The van der Waals surface area contributed by atoms with Crippen molar-refractivity contribution in [3.8, 4) is 6.07 Å². The molecule has 19 heavy (non-hydrogen) atoms. The Kier molecular flexibility index (Phi) is 3.62. The van der Waals surface area contributed by atoms with Crippen molar-refractivity contribution >= 4 is 22.6 Å². The first-order valence-electron chi connectivity index (χ1n) is 5.89. The van der Waals surface area contributed by atoms with Crippen LogP contribution in [0.1, 0.15) is 22.8 Å².